The third-order valence-electron chi connectivity index (χ3n) is 5.10. The van der Waals surface area contributed by atoms with Crippen LogP contribution in [-0.4, -0.2) is 46.5 Å². The Kier molecular flexibility index (Phi) is 4.87. The van der Waals surface area contributed by atoms with E-state index in [4.69, 9.17) is 4.42 Å². The first-order valence-corrected chi connectivity index (χ1v) is 9.73. The second-order valence-corrected chi connectivity index (χ2v) is 7.50. The summed E-state index contributed by atoms with van der Waals surface area (Å²) in [5, 5.41) is 12.4. The van der Waals surface area contributed by atoms with Gasteiger partial charge in [-0.15, -0.1) is 0 Å². The van der Waals surface area contributed by atoms with E-state index in [-0.39, 0.29) is 11.7 Å². The lowest BCUT2D eigenvalue weighted by Crippen LogP contribution is -2.49. The zero-order valence-corrected chi connectivity index (χ0v) is 17.1. The van der Waals surface area contributed by atoms with Gasteiger partial charge >= 0.3 is 11.2 Å². The van der Waals surface area contributed by atoms with Gasteiger partial charge in [-0.3, -0.25) is 19.7 Å². The third kappa shape index (κ3) is 3.29. The van der Waals surface area contributed by atoms with Gasteiger partial charge in [0.15, 0.2) is 10.4 Å². The zero-order valence-electron chi connectivity index (χ0n) is 15.5. The number of fused-ring (bicyclic) bond motifs is 1. The highest BCUT2D eigenvalue weighted by atomic mass is 79.9. The highest BCUT2D eigenvalue weighted by Crippen LogP contribution is 2.34. The molecule has 2 aromatic heterocycles. The fraction of sp³-hybridized carbons (Fsp3) is 0.263. The average molecular weight is 461 g/mol. The molecule has 150 valence electrons. The van der Waals surface area contributed by atoms with Gasteiger partial charge in [-0.2, -0.15) is 0 Å². The van der Waals surface area contributed by atoms with Crippen LogP contribution in [0.2, 0.25) is 0 Å². The number of carbonyl (C=O) groups excluding carboxylic acids is 1. The van der Waals surface area contributed by atoms with E-state index in [0.717, 1.165) is 0 Å². The highest BCUT2D eigenvalue weighted by molar-refractivity contribution is 9.10. The van der Waals surface area contributed by atoms with Crippen molar-refractivity contribution in [3.8, 4) is 0 Å². The molecule has 3 aromatic rings. The maximum Gasteiger partial charge on any atom is 0.357 e. The van der Waals surface area contributed by atoms with Crippen LogP contribution in [-0.2, 0) is 7.05 Å². The maximum atomic E-state index is 12.7. The lowest BCUT2D eigenvalue weighted by atomic mass is 10.1. The number of anilines is 1. The monoisotopic (exact) mass is 460 g/mol. The standard InChI is InChI=1S/C19H17BrN4O5/c1-21-13-5-3-2-4-12(13)16(17(19(21)26)24(27)28)22-8-10-23(11-9-22)18(25)14-6-7-15(20)29-14/h2-7H,8-11H2,1H3. The van der Waals surface area contributed by atoms with Crippen LogP contribution in [0.25, 0.3) is 10.9 Å². The van der Waals surface area contributed by atoms with Gasteiger partial charge in [-0.25, -0.2) is 0 Å². The summed E-state index contributed by atoms with van der Waals surface area (Å²) in [5.74, 6) is -0.00554. The number of para-hydroxylation sites is 1. The number of pyridine rings is 1. The quantitative estimate of drug-likeness (QED) is 0.439. The topological polar surface area (TPSA) is 102 Å². The number of piperazine rings is 1. The lowest BCUT2D eigenvalue weighted by molar-refractivity contribution is -0.385. The van der Waals surface area contributed by atoms with Crippen LogP contribution >= 0.6 is 15.9 Å². The van der Waals surface area contributed by atoms with Crippen molar-refractivity contribution in [1.29, 1.82) is 0 Å². The maximum absolute atomic E-state index is 12.7. The SMILES string of the molecule is Cn1c(=O)c([N+](=O)[O-])c(N2CCN(C(=O)c3ccc(Br)o3)CC2)c2ccccc21. The summed E-state index contributed by atoms with van der Waals surface area (Å²) in [6, 6.07) is 10.4. The van der Waals surface area contributed by atoms with E-state index in [1.807, 2.05) is 4.90 Å². The summed E-state index contributed by atoms with van der Waals surface area (Å²) in [4.78, 5) is 39.8. The minimum Gasteiger partial charge on any atom is -0.444 e. The normalized spacial score (nSPS) is 14.4. The molecule has 0 spiro atoms. The molecule has 29 heavy (non-hydrogen) atoms. The Morgan fingerprint density at radius 2 is 1.83 bits per heavy atom. The molecule has 3 heterocycles. The Labute approximate surface area is 173 Å². The second kappa shape index (κ2) is 7.36. The number of hydrogen-bond acceptors (Lipinski definition) is 6. The summed E-state index contributed by atoms with van der Waals surface area (Å²) in [6.07, 6.45) is 0. The van der Waals surface area contributed by atoms with E-state index in [0.29, 0.717) is 47.4 Å². The molecule has 9 nitrogen and oxygen atoms in total. The molecule has 0 unspecified atom stereocenters. The third-order valence-corrected chi connectivity index (χ3v) is 5.53. The second-order valence-electron chi connectivity index (χ2n) is 6.72. The number of furan rings is 1. The number of rotatable bonds is 3. The van der Waals surface area contributed by atoms with Crippen LogP contribution in [0.4, 0.5) is 11.4 Å². The number of hydrogen-bond donors (Lipinski definition) is 0. The van der Waals surface area contributed by atoms with Gasteiger partial charge in [0.1, 0.15) is 5.69 Å². The molecule has 1 aliphatic heterocycles. The zero-order chi connectivity index (χ0) is 20.7. The van der Waals surface area contributed by atoms with Crippen LogP contribution in [0, 0.1) is 10.1 Å². The molecule has 0 aliphatic carbocycles. The summed E-state index contributed by atoms with van der Waals surface area (Å²) >= 11 is 3.18. The molecule has 1 amide bonds. The Bertz CT molecular complexity index is 1180. The number of benzene rings is 1. The molecule has 0 N–H and O–H groups in total. The average Bonchev–Trinajstić information content (AvgIpc) is 3.16. The molecule has 4 rings (SSSR count). The van der Waals surface area contributed by atoms with Crippen molar-refractivity contribution in [3.05, 3.63) is 67.3 Å². The van der Waals surface area contributed by atoms with Crippen LogP contribution in [0.1, 0.15) is 10.6 Å². The summed E-state index contributed by atoms with van der Waals surface area (Å²) in [5.41, 5.74) is -0.165. The molecule has 1 fully saturated rings. The van der Waals surface area contributed by atoms with Gasteiger partial charge in [-0.1, -0.05) is 18.2 Å². The minimum absolute atomic E-state index is 0.232. The van der Waals surface area contributed by atoms with Gasteiger partial charge < -0.3 is 18.8 Å². The predicted molar refractivity (Wildman–Crippen MR) is 110 cm³/mol. The van der Waals surface area contributed by atoms with Gasteiger partial charge in [0, 0.05) is 38.6 Å². The highest BCUT2D eigenvalue weighted by Gasteiger charge is 2.32. The minimum atomic E-state index is -0.650. The smallest absolute Gasteiger partial charge is 0.357 e. The summed E-state index contributed by atoms with van der Waals surface area (Å²) in [6.45, 7) is 1.45. The predicted octanol–water partition coefficient (Wildman–Crippen LogP) is 2.76. The number of amides is 1. The summed E-state index contributed by atoms with van der Waals surface area (Å²) < 4.78 is 7.10. The first kappa shape index (κ1) is 19.2. The number of halogens is 1. The van der Waals surface area contributed by atoms with Gasteiger partial charge in [0.2, 0.25) is 0 Å². The van der Waals surface area contributed by atoms with Crippen LogP contribution in [0.3, 0.4) is 0 Å². The lowest BCUT2D eigenvalue weighted by Gasteiger charge is -2.35. The summed E-state index contributed by atoms with van der Waals surface area (Å²) in [7, 11) is 1.53. The first-order valence-electron chi connectivity index (χ1n) is 8.94. The van der Waals surface area contributed by atoms with E-state index < -0.39 is 16.2 Å². The molecule has 10 heteroatoms. The van der Waals surface area contributed by atoms with E-state index in [9.17, 15) is 19.7 Å². The van der Waals surface area contributed by atoms with E-state index in [1.54, 1.807) is 41.3 Å². The number of nitrogens with zero attached hydrogens (tertiary/aromatic N) is 4. The molecule has 0 radical (unpaired) electrons. The Morgan fingerprint density at radius 3 is 2.45 bits per heavy atom. The van der Waals surface area contributed by atoms with Crippen LogP contribution < -0.4 is 10.5 Å². The number of carbonyl (C=O) groups is 1. The largest absolute Gasteiger partial charge is 0.444 e. The number of nitro groups is 1. The van der Waals surface area contributed by atoms with Crippen molar-refractivity contribution in [2.24, 2.45) is 7.05 Å². The first-order chi connectivity index (χ1) is 13.9. The van der Waals surface area contributed by atoms with Gasteiger partial charge in [0.05, 0.1) is 10.4 Å². The molecule has 0 atom stereocenters. The van der Waals surface area contributed by atoms with Gasteiger partial charge in [-0.05, 0) is 34.1 Å². The van der Waals surface area contributed by atoms with E-state index in [1.165, 1.54) is 11.6 Å². The Balaban J connectivity index is 1.69. The fourth-order valence-corrected chi connectivity index (χ4v) is 3.97. The molecule has 0 saturated carbocycles. The number of aryl methyl sites for hydroxylation is 1. The van der Waals surface area contributed by atoms with E-state index in [2.05, 4.69) is 15.9 Å². The van der Waals surface area contributed by atoms with E-state index >= 15 is 0 Å². The van der Waals surface area contributed by atoms with Crippen LogP contribution in [0.5, 0.6) is 0 Å². The van der Waals surface area contributed by atoms with Crippen molar-refractivity contribution in [2.75, 3.05) is 31.1 Å². The van der Waals surface area contributed by atoms with Crippen molar-refractivity contribution < 1.29 is 14.1 Å². The Morgan fingerprint density at radius 1 is 1.14 bits per heavy atom. The molecular formula is C19H17BrN4O5. The van der Waals surface area contributed by atoms with Crippen molar-refractivity contribution in [3.63, 3.8) is 0 Å². The van der Waals surface area contributed by atoms with Crippen LogP contribution in [0.15, 0.2) is 50.3 Å². The van der Waals surface area contributed by atoms with Gasteiger partial charge in [0.25, 0.3) is 5.91 Å². The molecule has 0 bridgehead atoms. The molecule has 1 aromatic carbocycles. The van der Waals surface area contributed by atoms with Crippen molar-refractivity contribution in [2.45, 2.75) is 0 Å². The molecular weight excluding hydrogens is 444 g/mol. The van der Waals surface area contributed by atoms with Crippen molar-refractivity contribution in [1.82, 2.24) is 9.47 Å². The number of aromatic nitrogens is 1. The fourth-order valence-electron chi connectivity index (χ4n) is 3.67. The van der Waals surface area contributed by atoms with Crippen molar-refractivity contribution >= 4 is 44.1 Å². The molecule has 1 aliphatic rings. The Hall–Kier alpha value is -3.14. The molecule has 1 saturated heterocycles.